The maximum absolute atomic E-state index is 13.9. The lowest BCUT2D eigenvalue weighted by Crippen LogP contribution is -2.42. The Morgan fingerprint density at radius 3 is 2.54 bits per heavy atom. The largest absolute Gasteiger partial charge is 0.490 e. The fourth-order valence-corrected chi connectivity index (χ4v) is 4.04. The SMILES string of the molecule is CCN1C(=O)C(C)(C)COc2ccc(NS(=O)(=O)c3ccc(F)cc3F)cc21. The molecule has 150 valence electrons. The summed E-state index contributed by atoms with van der Waals surface area (Å²) < 4.78 is 60.0. The molecule has 1 amide bonds. The third-order valence-electron chi connectivity index (χ3n) is 4.41. The second kappa shape index (κ2) is 7.05. The van der Waals surface area contributed by atoms with Crippen LogP contribution in [0.15, 0.2) is 41.3 Å². The maximum atomic E-state index is 13.9. The Hall–Kier alpha value is -2.68. The maximum Gasteiger partial charge on any atom is 0.264 e. The fraction of sp³-hybridized carbons (Fsp3) is 0.316. The van der Waals surface area contributed by atoms with Crippen molar-refractivity contribution < 1.29 is 26.7 Å². The monoisotopic (exact) mass is 410 g/mol. The van der Waals surface area contributed by atoms with Crippen LogP contribution in [0.4, 0.5) is 20.2 Å². The highest BCUT2D eigenvalue weighted by Crippen LogP contribution is 2.38. The number of nitrogens with one attached hydrogen (secondary N) is 1. The highest BCUT2D eigenvalue weighted by Gasteiger charge is 2.37. The van der Waals surface area contributed by atoms with Gasteiger partial charge in [-0.2, -0.15) is 0 Å². The molecule has 0 bridgehead atoms. The summed E-state index contributed by atoms with van der Waals surface area (Å²) in [6.07, 6.45) is 0. The average Bonchev–Trinajstić information content (AvgIpc) is 2.69. The molecule has 0 aliphatic carbocycles. The van der Waals surface area contributed by atoms with Gasteiger partial charge in [-0.15, -0.1) is 0 Å². The van der Waals surface area contributed by atoms with Crippen LogP contribution >= 0.6 is 0 Å². The van der Waals surface area contributed by atoms with E-state index in [2.05, 4.69) is 4.72 Å². The molecule has 1 aliphatic rings. The fourth-order valence-electron chi connectivity index (χ4n) is 2.93. The normalized spacial score (nSPS) is 16.2. The van der Waals surface area contributed by atoms with Crippen LogP contribution in [0.2, 0.25) is 0 Å². The molecule has 1 heterocycles. The first kappa shape index (κ1) is 20.1. The second-order valence-electron chi connectivity index (χ2n) is 7.08. The van der Waals surface area contributed by atoms with Gasteiger partial charge in [0.1, 0.15) is 28.9 Å². The number of anilines is 2. The molecule has 0 saturated heterocycles. The summed E-state index contributed by atoms with van der Waals surface area (Å²) in [7, 11) is -4.29. The minimum absolute atomic E-state index is 0.122. The number of hydrogen-bond donors (Lipinski definition) is 1. The van der Waals surface area contributed by atoms with E-state index in [0.717, 1.165) is 12.1 Å². The van der Waals surface area contributed by atoms with Crippen molar-refractivity contribution in [2.24, 2.45) is 5.41 Å². The van der Waals surface area contributed by atoms with Crippen LogP contribution < -0.4 is 14.4 Å². The van der Waals surface area contributed by atoms with E-state index in [1.807, 2.05) is 0 Å². The summed E-state index contributed by atoms with van der Waals surface area (Å²) in [6.45, 7) is 5.88. The molecule has 28 heavy (non-hydrogen) atoms. The van der Waals surface area contributed by atoms with E-state index in [9.17, 15) is 22.0 Å². The molecule has 2 aromatic rings. The van der Waals surface area contributed by atoms with Crippen LogP contribution in [-0.2, 0) is 14.8 Å². The van der Waals surface area contributed by atoms with Crippen molar-refractivity contribution in [2.45, 2.75) is 25.7 Å². The molecule has 0 saturated carbocycles. The lowest BCUT2D eigenvalue weighted by atomic mass is 9.93. The first-order valence-electron chi connectivity index (χ1n) is 8.62. The van der Waals surface area contributed by atoms with Gasteiger partial charge in [0.15, 0.2) is 0 Å². The van der Waals surface area contributed by atoms with E-state index >= 15 is 0 Å². The van der Waals surface area contributed by atoms with Crippen LogP contribution in [0, 0.1) is 17.0 Å². The van der Waals surface area contributed by atoms with Crippen LogP contribution in [0.3, 0.4) is 0 Å². The van der Waals surface area contributed by atoms with Gasteiger partial charge < -0.3 is 9.64 Å². The first-order chi connectivity index (χ1) is 13.0. The quantitative estimate of drug-likeness (QED) is 0.837. The molecule has 0 unspecified atom stereocenters. The van der Waals surface area contributed by atoms with Gasteiger partial charge in [0.2, 0.25) is 5.91 Å². The van der Waals surface area contributed by atoms with Gasteiger partial charge in [-0.3, -0.25) is 9.52 Å². The Bertz CT molecular complexity index is 1040. The third-order valence-corrected chi connectivity index (χ3v) is 5.83. The summed E-state index contributed by atoms with van der Waals surface area (Å²) in [5, 5.41) is 0. The summed E-state index contributed by atoms with van der Waals surface area (Å²) in [4.78, 5) is 13.6. The van der Waals surface area contributed by atoms with Crippen LogP contribution in [0.5, 0.6) is 5.75 Å². The minimum Gasteiger partial charge on any atom is -0.490 e. The first-order valence-corrected chi connectivity index (χ1v) is 10.1. The Kier molecular flexibility index (Phi) is 5.05. The second-order valence-corrected chi connectivity index (χ2v) is 8.74. The molecule has 2 aromatic carbocycles. The number of carbonyl (C=O) groups is 1. The zero-order chi connectivity index (χ0) is 20.7. The van der Waals surface area contributed by atoms with Gasteiger partial charge in [0.05, 0.1) is 16.8 Å². The third kappa shape index (κ3) is 3.66. The van der Waals surface area contributed by atoms with Gasteiger partial charge in [-0.1, -0.05) is 0 Å². The predicted molar refractivity (Wildman–Crippen MR) is 101 cm³/mol. The topological polar surface area (TPSA) is 75.7 Å². The molecule has 0 radical (unpaired) electrons. The summed E-state index contributed by atoms with van der Waals surface area (Å²) in [5.41, 5.74) is -0.207. The van der Waals surface area contributed by atoms with Crippen molar-refractivity contribution in [3.8, 4) is 5.75 Å². The van der Waals surface area contributed by atoms with E-state index in [4.69, 9.17) is 4.74 Å². The van der Waals surface area contributed by atoms with E-state index in [0.29, 0.717) is 24.0 Å². The van der Waals surface area contributed by atoms with Crippen molar-refractivity contribution in [1.29, 1.82) is 0 Å². The number of nitrogens with zero attached hydrogens (tertiary/aromatic N) is 1. The zero-order valence-electron chi connectivity index (χ0n) is 15.6. The summed E-state index contributed by atoms with van der Waals surface area (Å²) in [5.74, 6) is -1.79. The molecular weight excluding hydrogens is 390 g/mol. The number of fused-ring (bicyclic) bond motifs is 1. The van der Waals surface area contributed by atoms with Crippen LogP contribution in [0.1, 0.15) is 20.8 Å². The van der Waals surface area contributed by atoms with Crippen molar-refractivity contribution in [3.63, 3.8) is 0 Å². The highest BCUT2D eigenvalue weighted by molar-refractivity contribution is 7.92. The number of carbonyl (C=O) groups excluding carboxylic acids is 1. The predicted octanol–water partition coefficient (Wildman–Crippen LogP) is 3.54. The molecule has 3 rings (SSSR count). The van der Waals surface area contributed by atoms with E-state index in [1.54, 1.807) is 26.8 Å². The number of hydrogen-bond acceptors (Lipinski definition) is 4. The summed E-state index contributed by atoms with van der Waals surface area (Å²) >= 11 is 0. The zero-order valence-corrected chi connectivity index (χ0v) is 16.4. The molecule has 0 fully saturated rings. The van der Waals surface area contributed by atoms with Crippen molar-refractivity contribution in [2.75, 3.05) is 22.8 Å². The Morgan fingerprint density at radius 1 is 1.18 bits per heavy atom. The molecule has 1 N–H and O–H groups in total. The Balaban J connectivity index is 1.99. The number of sulfonamides is 1. The van der Waals surface area contributed by atoms with E-state index < -0.39 is 32.0 Å². The average molecular weight is 410 g/mol. The summed E-state index contributed by atoms with van der Waals surface area (Å²) in [6, 6.07) is 6.67. The number of halogens is 2. The molecular formula is C19H20F2N2O4S. The number of ether oxygens (including phenoxy) is 1. The minimum atomic E-state index is -4.29. The van der Waals surface area contributed by atoms with Gasteiger partial charge in [-0.25, -0.2) is 17.2 Å². The Labute approximate surface area is 162 Å². The molecule has 9 heteroatoms. The van der Waals surface area contributed by atoms with Crippen LogP contribution in [-0.4, -0.2) is 27.5 Å². The van der Waals surface area contributed by atoms with Gasteiger partial charge in [0.25, 0.3) is 10.0 Å². The van der Waals surface area contributed by atoms with E-state index in [1.165, 1.54) is 17.0 Å². The smallest absolute Gasteiger partial charge is 0.264 e. The lowest BCUT2D eigenvalue weighted by molar-refractivity contribution is -0.127. The standard InChI is InChI=1S/C19H20F2N2O4S/c1-4-23-15-10-13(6-7-16(15)27-11-19(2,3)18(23)24)22-28(25,26)17-8-5-12(20)9-14(17)21/h5-10,22H,4,11H2,1-3H3. The number of amides is 1. The van der Waals surface area contributed by atoms with Crippen LogP contribution in [0.25, 0.3) is 0 Å². The highest BCUT2D eigenvalue weighted by atomic mass is 32.2. The molecule has 6 nitrogen and oxygen atoms in total. The number of rotatable bonds is 4. The molecule has 1 aliphatic heterocycles. The van der Waals surface area contributed by atoms with Gasteiger partial charge in [-0.05, 0) is 51.1 Å². The van der Waals surface area contributed by atoms with Crippen molar-refractivity contribution >= 4 is 27.3 Å². The van der Waals surface area contributed by atoms with Gasteiger partial charge >= 0.3 is 0 Å². The molecule has 0 atom stereocenters. The Morgan fingerprint density at radius 2 is 1.89 bits per heavy atom. The van der Waals surface area contributed by atoms with Gasteiger partial charge in [0, 0.05) is 12.6 Å². The lowest BCUT2D eigenvalue weighted by Gasteiger charge is -2.27. The number of benzene rings is 2. The molecule has 0 aromatic heterocycles. The molecule has 0 spiro atoms. The van der Waals surface area contributed by atoms with E-state index in [-0.39, 0.29) is 18.2 Å². The van der Waals surface area contributed by atoms with Crippen molar-refractivity contribution in [3.05, 3.63) is 48.0 Å². The van der Waals surface area contributed by atoms with Crippen molar-refractivity contribution in [1.82, 2.24) is 0 Å².